The number of anilines is 3. The average molecular weight is 650 g/mol. The number of hydrogen-bond donors (Lipinski definition) is 4. The summed E-state index contributed by atoms with van der Waals surface area (Å²) in [7, 11) is 1.54. The first-order valence-corrected chi connectivity index (χ1v) is 16.0. The van der Waals surface area contributed by atoms with Crippen LogP contribution < -0.4 is 10.2 Å². The number of nitrogens with zero attached hydrogens (tertiary/aromatic N) is 2. The van der Waals surface area contributed by atoms with Gasteiger partial charge < -0.3 is 29.8 Å². The Bertz CT molecular complexity index is 1780. The molecule has 0 bridgehead atoms. The van der Waals surface area contributed by atoms with E-state index >= 15 is 0 Å². The van der Waals surface area contributed by atoms with Gasteiger partial charge in [0, 0.05) is 30.6 Å². The van der Waals surface area contributed by atoms with Gasteiger partial charge in [-0.3, -0.25) is 19.5 Å². The predicted octanol–water partition coefficient (Wildman–Crippen LogP) is 5.35. The maximum Gasteiger partial charge on any atom is 0.238 e. The van der Waals surface area contributed by atoms with Crippen LogP contribution in [-0.2, 0) is 20.9 Å². The predicted molar refractivity (Wildman–Crippen MR) is 182 cm³/mol. The molecule has 1 aliphatic carbocycles. The quantitative estimate of drug-likeness (QED) is 0.111. The minimum atomic E-state index is -1.02. The molecule has 1 aliphatic heterocycles. The molecule has 48 heavy (non-hydrogen) atoms. The number of hydrogen-bond acceptors (Lipinski definition) is 9. The van der Waals surface area contributed by atoms with Crippen molar-refractivity contribution in [2.45, 2.75) is 32.0 Å². The van der Waals surface area contributed by atoms with E-state index in [1.165, 1.54) is 4.90 Å². The molecule has 10 nitrogen and oxygen atoms in total. The summed E-state index contributed by atoms with van der Waals surface area (Å²) in [4.78, 5) is 33.5. The molecule has 4 aromatic rings. The van der Waals surface area contributed by atoms with E-state index in [9.17, 15) is 24.9 Å². The number of methoxy groups -OCH3 is 1. The highest BCUT2D eigenvalue weighted by Crippen LogP contribution is 2.47. The Morgan fingerprint density at radius 1 is 1.00 bits per heavy atom. The van der Waals surface area contributed by atoms with Crippen LogP contribution in [0.25, 0.3) is 11.6 Å². The highest BCUT2D eigenvalue weighted by molar-refractivity contribution is 6.22. The highest BCUT2D eigenvalue weighted by Gasteiger charge is 2.55. The van der Waals surface area contributed by atoms with Crippen molar-refractivity contribution >= 4 is 40.5 Å². The van der Waals surface area contributed by atoms with Crippen LogP contribution >= 0.6 is 0 Å². The first-order chi connectivity index (χ1) is 23.4. The number of fused-ring (bicyclic) bond motifs is 1. The summed E-state index contributed by atoms with van der Waals surface area (Å²) >= 11 is 0. The van der Waals surface area contributed by atoms with Gasteiger partial charge in [0.05, 0.1) is 42.5 Å². The van der Waals surface area contributed by atoms with Gasteiger partial charge in [0.1, 0.15) is 18.1 Å². The summed E-state index contributed by atoms with van der Waals surface area (Å²) in [6.07, 6.45) is 3.39. The smallest absolute Gasteiger partial charge is 0.238 e. The second kappa shape index (κ2) is 14.9. The number of para-hydroxylation sites is 1. The summed E-state index contributed by atoms with van der Waals surface area (Å²) in [5.41, 5.74) is 4.96. The number of benzene rings is 2. The van der Waals surface area contributed by atoms with Crippen molar-refractivity contribution in [3.05, 3.63) is 119 Å². The Balaban J connectivity index is 1.24. The van der Waals surface area contributed by atoms with Gasteiger partial charge in [0.2, 0.25) is 11.8 Å². The average Bonchev–Trinajstić information content (AvgIpc) is 3.68. The van der Waals surface area contributed by atoms with Crippen molar-refractivity contribution in [1.82, 2.24) is 4.98 Å². The molecule has 4 N–H and O–H groups in total. The molecule has 10 heteroatoms. The molecule has 4 atom stereocenters. The number of nitrogens with one attached hydrogen (secondary N) is 1. The van der Waals surface area contributed by atoms with Crippen LogP contribution in [0.1, 0.15) is 36.5 Å². The highest BCUT2D eigenvalue weighted by atomic mass is 16.5. The standard InChI is InChI=1S/C38H39N3O7/c1-47-23-25-20-31-36(38(46)41(37(31)45)28-13-11-27(12-14-28)40-26-7-3-2-4-8-26)32(22-43)35(25)34(44)17-10-24(33-9-5-6-18-39-33)19-29-15-16-30(21-42)48-29/h2-9,11-16,18-19,31-32,34,36,40,42-44H,10,17,20-23H2,1H3/b24-19-/t31-,32+,34-,36-/m1/s1. The zero-order valence-corrected chi connectivity index (χ0v) is 26.7. The molecule has 1 fully saturated rings. The van der Waals surface area contributed by atoms with E-state index in [2.05, 4.69) is 10.3 Å². The molecule has 1 saturated heterocycles. The third-order valence-electron chi connectivity index (χ3n) is 9.08. The number of carbonyl (C=O) groups excluding carboxylic acids is 2. The number of pyridine rings is 1. The van der Waals surface area contributed by atoms with Crippen LogP contribution in [0.4, 0.5) is 17.1 Å². The number of amides is 2. The molecular weight excluding hydrogens is 610 g/mol. The molecule has 0 radical (unpaired) electrons. The minimum Gasteiger partial charge on any atom is -0.459 e. The zero-order chi connectivity index (χ0) is 33.6. The number of furan rings is 1. The Morgan fingerprint density at radius 3 is 2.42 bits per heavy atom. The fraction of sp³-hybridized carbons (Fsp3) is 0.289. The van der Waals surface area contributed by atoms with Gasteiger partial charge in [-0.1, -0.05) is 24.3 Å². The summed E-state index contributed by atoms with van der Waals surface area (Å²) in [5.74, 6) is -1.99. The van der Waals surface area contributed by atoms with Crippen molar-refractivity contribution in [2.75, 3.05) is 30.5 Å². The number of carbonyl (C=O) groups is 2. The normalized spacial score (nSPS) is 20.3. The van der Waals surface area contributed by atoms with Crippen LogP contribution in [-0.4, -0.2) is 58.5 Å². The van der Waals surface area contributed by atoms with Gasteiger partial charge in [0.25, 0.3) is 0 Å². The summed E-state index contributed by atoms with van der Waals surface area (Å²) in [5, 5.41) is 35.2. The maximum absolute atomic E-state index is 14.0. The Kier molecular flexibility index (Phi) is 10.3. The molecule has 3 heterocycles. The van der Waals surface area contributed by atoms with Gasteiger partial charge in [-0.05, 0) is 103 Å². The lowest BCUT2D eigenvalue weighted by Crippen LogP contribution is -2.39. The zero-order valence-electron chi connectivity index (χ0n) is 26.7. The molecular formula is C38H39N3O7. The molecule has 2 aromatic heterocycles. The molecule has 2 aromatic carbocycles. The van der Waals surface area contributed by atoms with E-state index in [-0.39, 0.29) is 37.9 Å². The number of rotatable bonds is 13. The number of aliphatic hydroxyl groups excluding tert-OH is 3. The van der Waals surface area contributed by atoms with Crippen molar-refractivity contribution in [3.8, 4) is 0 Å². The van der Waals surface area contributed by atoms with Gasteiger partial charge in [-0.15, -0.1) is 0 Å². The first-order valence-electron chi connectivity index (χ1n) is 16.0. The topological polar surface area (TPSA) is 145 Å². The first kappa shape index (κ1) is 33.0. The lowest BCUT2D eigenvalue weighted by molar-refractivity contribution is -0.123. The summed E-state index contributed by atoms with van der Waals surface area (Å²) < 4.78 is 11.2. The van der Waals surface area contributed by atoms with Crippen LogP contribution in [0.3, 0.4) is 0 Å². The van der Waals surface area contributed by atoms with E-state index < -0.39 is 30.5 Å². The van der Waals surface area contributed by atoms with E-state index in [0.29, 0.717) is 34.9 Å². The molecule has 248 valence electrons. The van der Waals surface area contributed by atoms with Crippen LogP contribution in [0, 0.1) is 17.8 Å². The number of ether oxygens (including phenoxy) is 1. The van der Waals surface area contributed by atoms with Gasteiger partial charge >= 0.3 is 0 Å². The molecule has 2 aliphatic rings. The van der Waals surface area contributed by atoms with Crippen molar-refractivity contribution in [1.29, 1.82) is 0 Å². The number of allylic oxidation sites excluding steroid dienone is 1. The molecule has 0 spiro atoms. The Morgan fingerprint density at radius 2 is 1.75 bits per heavy atom. The monoisotopic (exact) mass is 649 g/mol. The third kappa shape index (κ3) is 6.88. The van der Waals surface area contributed by atoms with Gasteiger partial charge in [0.15, 0.2) is 0 Å². The van der Waals surface area contributed by atoms with Crippen molar-refractivity contribution in [3.63, 3.8) is 0 Å². The van der Waals surface area contributed by atoms with Crippen LogP contribution in [0.15, 0.2) is 107 Å². The van der Waals surface area contributed by atoms with Crippen LogP contribution in [0.2, 0.25) is 0 Å². The van der Waals surface area contributed by atoms with Crippen molar-refractivity contribution < 1.29 is 34.1 Å². The second-order valence-corrected chi connectivity index (χ2v) is 12.1. The van der Waals surface area contributed by atoms with Crippen LogP contribution in [0.5, 0.6) is 0 Å². The van der Waals surface area contributed by atoms with E-state index in [1.54, 1.807) is 37.6 Å². The molecule has 0 unspecified atom stereocenters. The lowest BCUT2D eigenvalue weighted by atomic mass is 9.68. The number of imide groups is 1. The van der Waals surface area contributed by atoms with Crippen molar-refractivity contribution in [2.24, 2.45) is 17.8 Å². The maximum atomic E-state index is 14.0. The lowest BCUT2D eigenvalue weighted by Gasteiger charge is -2.36. The minimum absolute atomic E-state index is 0.159. The summed E-state index contributed by atoms with van der Waals surface area (Å²) in [6, 6.07) is 25.8. The Hall–Kier alpha value is -4.87. The SMILES string of the molecule is COCC1=C([C@H](O)CC/C(=C/c2ccc(CO)o2)c2ccccn2)[C@H](CO)[C@@H]2C(=O)N(c3ccc(Nc4ccccc4)cc3)C(=O)[C@@H]2C1. The van der Waals surface area contributed by atoms with Gasteiger partial charge in [-0.2, -0.15) is 0 Å². The number of aromatic nitrogens is 1. The number of aliphatic hydroxyl groups is 3. The molecule has 2 amide bonds. The summed E-state index contributed by atoms with van der Waals surface area (Å²) in [6.45, 7) is -0.471. The fourth-order valence-corrected chi connectivity index (χ4v) is 6.91. The van der Waals surface area contributed by atoms with E-state index in [1.807, 2.05) is 66.7 Å². The largest absolute Gasteiger partial charge is 0.459 e. The molecule has 6 rings (SSSR count). The van der Waals surface area contributed by atoms with E-state index in [0.717, 1.165) is 22.5 Å². The third-order valence-corrected chi connectivity index (χ3v) is 9.08. The fourth-order valence-electron chi connectivity index (χ4n) is 6.91. The second-order valence-electron chi connectivity index (χ2n) is 12.1. The van der Waals surface area contributed by atoms with E-state index in [4.69, 9.17) is 9.15 Å². The Labute approximate surface area is 279 Å². The van der Waals surface area contributed by atoms with Gasteiger partial charge in [-0.25, -0.2) is 0 Å². The molecule has 0 saturated carbocycles.